The zero-order valence-electron chi connectivity index (χ0n) is 11.7. The molecule has 0 heterocycles. The molecule has 1 atom stereocenters. The second-order valence-corrected chi connectivity index (χ2v) is 7.15. The monoisotopic (exact) mass is 289 g/mol. The van der Waals surface area contributed by atoms with Crippen molar-refractivity contribution in [1.29, 1.82) is 0 Å². The summed E-state index contributed by atoms with van der Waals surface area (Å²) in [7, 11) is -3.37. The molecule has 0 aliphatic heterocycles. The van der Waals surface area contributed by atoms with E-state index in [1.54, 1.807) is 18.2 Å². The molecule has 0 saturated carbocycles. The predicted molar refractivity (Wildman–Crippen MR) is 81.3 cm³/mol. The van der Waals surface area contributed by atoms with Crippen LogP contribution in [0.15, 0.2) is 53.4 Å². The standard InChI is InChI=1S/C16H19NO2S/c1-12-6-8-14(9-7-12)16(17)11-20(18,19)15-5-3-4-13(2)10-15/h3-10,16H,11,17H2,1-2H3. The average molecular weight is 289 g/mol. The number of sulfone groups is 1. The van der Waals surface area contributed by atoms with Gasteiger partial charge in [-0.05, 0) is 37.1 Å². The summed E-state index contributed by atoms with van der Waals surface area (Å²) in [5.41, 5.74) is 8.92. The fourth-order valence-corrected chi connectivity index (χ4v) is 3.56. The molecule has 0 aliphatic carbocycles. The number of nitrogens with two attached hydrogens (primary N) is 1. The molecule has 2 rings (SSSR count). The maximum absolute atomic E-state index is 12.4. The molecule has 0 aromatic heterocycles. The Balaban J connectivity index is 2.22. The Morgan fingerprint density at radius 3 is 2.25 bits per heavy atom. The molecule has 2 N–H and O–H groups in total. The molecule has 2 aromatic carbocycles. The van der Waals surface area contributed by atoms with Gasteiger partial charge in [0.1, 0.15) is 0 Å². The molecule has 1 unspecified atom stereocenters. The first-order chi connectivity index (χ1) is 9.38. The van der Waals surface area contributed by atoms with E-state index in [0.717, 1.165) is 16.7 Å². The third-order valence-electron chi connectivity index (χ3n) is 3.25. The van der Waals surface area contributed by atoms with E-state index in [9.17, 15) is 8.42 Å². The summed E-state index contributed by atoms with van der Waals surface area (Å²) >= 11 is 0. The van der Waals surface area contributed by atoms with Crippen LogP contribution in [0.3, 0.4) is 0 Å². The molecule has 0 aliphatic rings. The van der Waals surface area contributed by atoms with Gasteiger partial charge >= 0.3 is 0 Å². The van der Waals surface area contributed by atoms with Gasteiger partial charge in [-0.2, -0.15) is 0 Å². The predicted octanol–water partition coefficient (Wildman–Crippen LogP) is 2.78. The van der Waals surface area contributed by atoms with Crippen LogP contribution in [-0.2, 0) is 9.84 Å². The Morgan fingerprint density at radius 2 is 1.65 bits per heavy atom. The van der Waals surface area contributed by atoms with Crippen LogP contribution < -0.4 is 5.73 Å². The van der Waals surface area contributed by atoms with Crippen molar-refractivity contribution in [2.75, 3.05) is 5.75 Å². The van der Waals surface area contributed by atoms with Crippen LogP contribution in [0.25, 0.3) is 0 Å². The first kappa shape index (κ1) is 14.8. The van der Waals surface area contributed by atoms with Crippen molar-refractivity contribution in [2.24, 2.45) is 5.73 Å². The Bertz CT molecular complexity index is 691. The van der Waals surface area contributed by atoms with Gasteiger partial charge < -0.3 is 5.73 Å². The van der Waals surface area contributed by atoms with Crippen molar-refractivity contribution in [2.45, 2.75) is 24.8 Å². The maximum atomic E-state index is 12.4. The first-order valence-electron chi connectivity index (χ1n) is 6.50. The van der Waals surface area contributed by atoms with E-state index in [1.165, 1.54) is 0 Å². The minimum absolute atomic E-state index is 0.0838. The topological polar surface area (TPSA) is 60.2 Å². The highest BCUT2D eigenvalue weighted by molar-refractivity contribution is 7.91. The summed E-state index contributed by atoms with van der Waals surface area (Å²) in [4.78, 5) is 0.333. The second kappa shape index (κ2) is 5.77. The van der Waals surface area contributed by atoms with Crippen molar-refractivity contribution in [3.63, 3.8) is 0 Å². The molecule has 0 amide bonds. The van der Waals surface area contributed by atoms with Crippen LogP contribution in [0.1, 0.15) is 22.7 Å². The fourth-order valence-electron chi connectivity index (χ4n) is 2.05. The molecular formula is C16H19NO2S. The van der Waals surface area contributed by atoms with Crippen LogP contribution in [0.4, 0.5) is 0 Å². The quantitative estimate of drug-likeness (QED) is 0.941. The second-order valence-electron chi connectivity index (χ2n) is 5.12. The number of benzene rings is 2. The van der Waals surface area contributed by atoms with E-state index in [-0.39, 0.29) is 5.75 Å². The Hall–Kier alpha value is -1.65. The van der Waals surface area contributed by atoms with Crippen LogP contribution in [0, 0.1) is 13.8 Å². The van der Waals surface area contributed by atoms with Gasteiger partial charge in [-0.25, -0.2) is 8.42 Å². The van der Waals surface area contributed by atoms with Crippen LogP contribution in [-0.4, -0.2) is 14.2 Å². The summed E-state index contributed by atoms with van der Waals surface area (Å²) < 4.78 is 24.7. The van der Waals surface area contributed by atoms with Gasteiger partial charge in [0.15, 0.2) is 9.84 Å². The van der Waals surface area contributed by atoms with Crippen molar-refractivity contribution in [3.8, 4) is 0 Å². The van der Waals surface area contributed by atoms with E-state index in [1.807, 2.05) is 44.2 Å². The molecule has 3 nitrogen and oxygen atoms in total. The summed E-state index contributed by atoms with van der Waals surface area (Å²) in [6.45, 7) is 3.86. The molecule has 106 valence electrons. The number of aryl methyl sites for hydroxylation is 2. The largest absolute Gasteiger partial charge is 0.323 e. The lowest BCUT2D eigenvalue weighted by Crippen LogP contribution is -2.22. The minimum Gasteiger partial charge on any atom is -0.323 e. The number of rotatable bonds is 4. The third kappa shape index (κ3) is 3.46. The average Bonchev–Trinajstić information content (AvgIpc) is 2.39. The first-order valence-corrected chi connectivity index (χ1v) is 8.15. The molecule has 4 heteroatoms. The number of hydrogen-bond donors (Lipinski definition) is 1. The summed E-state index contributed by atoms with van der Waals surface area (Å²) in [5, 5.41) is 0. The van der Waals surface area contributed by atoms with Gasteiger partial charge in [-0.15, -0.1) is 0 Å². The summed E-state index contributed by atoms with van der Waals surface area (Å²) in [6, 6.07) is 14.0. The highest BCUT2D eigenvalue weighted by Gasteiger charge is 2.20. The smallest absolute Gasteiger partial charge is 0.180 e. The fraction of sp³-hybridized carbons (Fsp3) is 0.250. The SMILES string of the molecule is Cc1ccc(C(N)CS(=O)(=O)c2cccc(C)c2)cc1. The van der Waals surface area contributed by atoms with Gasteiger partial charge in [0.25, 0.3) is 0 Å². The normalized spacial score (nSPS) is 13.2. The maximum Gasteiger partial charge on any atom is 0.180 e. The van der Waals surface area contributed by atoms with Crippen LogP contribution in [0.2, 0.25) is 0 Å². The molecular weight excluding hydrogens is 270 g/mol. The van der Waals surface area contributed by atoms with E-state index < -0.39 is 15.9 Å². The lowest BCUT2D eigenvalue weighted by atomic mass is 10.1. The summed E-state index contributed by atoms with van der Waals surface area (Å²) in [5.74, 6) is -0.0838. The van der Waals surface area contributed by atoms with E-state index in [2.05, 4.69) is 0 Å². The minimum atomic E-state index is -3.37. The molecule has 0 spiro atoms. The molecule has 0 radical (unpaired) electrons. The zero-order valence-corrected chi connectivity index (χ0v) is 12.5. The zero-order chi connectivity index (χ0) is 14.8. The van der Waals surface area contributed by atoms with Crippen molar-refractivity contribution >= 4 is 9.84 Å². The van der Waals surface area contributed by atoms with Gasteiger partial charge in [0.2, 0.25) is 0 Å². The Morgan fingerprint density at radius 1 is 1.00 bits per heavy atom. The van der Waals surface area contributed by atoms with Crippen molar-refractivity contribution < 1.29 is 8.42 Å². The van der Waals surface area contributed by atoms with Gasteiger partial charge in [-0.1, -0.05) is 42.0 Å². The van der Waals surface area contributed by atoms with E-state index in [4.69, 9.17) is 5.73 Å². The molecule has 0 fully saturated rings. The third-order valence-corrected chi connectivity index (χ3v) is 5.02. The highest BCUT2D eigenvalue weighted by Crippen LogP contribution is 2.19. The van der Waals surface area contributed by atoms with Gasteiger partial charge in [0.05, 0.1) is 10.6 Å². The highest BCUT2D eigenvalue weighted by atomic mass is 32.2. The van der Waals surface area contributed by atoms with Crippen molar-refractivity contribution in [1.82, 2.24) is 0 Å². The van der Waals surface area contributed by atoms with E-state index >= 15 is 0 Å². The number of hydrogen-bond acceptors (Lipinski definition) is 3. The van der Waals surface area contributed by atoms with Crippen LogP contribution in [0.5, 0.6) is 0 Å². The summed E-state index contributed by atoms with van der Waals surface area (Å²) in [6.07, 6.45) is 0. The lowest BCUT2D eigenvalue weighted by Gasteiger charge is -2.13. The molecule has 0 saturated heterocycles. The molecule has 20 heavy (non-hydrogen) atoms. The Kier molecular flexibility index (Phi) is 4.26. The van der Waals surface area contributed by atoms with Gasteiger partial charge in [0, 0.05) is 6.04 Å². The lowest BCUT2D eigenvalue weighted by molar-refractivity contribution is 0.589. The van der Waals surface area contributed by atoms with E-state index in [0.29, 0.717) is 4.90 Å². The van der Waals surface area contributed by atoms with Gasteiger partial charge in [-0.3, -0.25) is 0 Å². The van der Waals surface area contributed by atoms with Crippen LogP contribution >= 0.6 is 0 Å². The Labute approximate surface area is 120 Å². The van der Waals surface area contributed by atoms with Crippen molar-refractivity contribution in [3.05, 3.63) is 65.2 Å². The molecule has 0 bridgehead atoms. The molecule has 2 aromatic rings.